The highest BCUT2D eigenvalue weighted by molar-refractivity contribution is 7.81. The smallest absolute Gasteiger partial charge is 0.410 e. The average molecular weight is 545 g/mol. The molecule has 1 aliphatic rings. The molecule has 7 nitrogen and oxygen atoms in total. The Hall–Kier alpha value is -1.75. The number of likely N-dealkylation sites (tertiary alicyclic amines) is 1. The van der Waals surface area contributed by atoms with E-state index >= 15 is 0 Å². The van der Waals surface area contributed by atoms with Crippen molar-refractivity contribution in [3.05, 3.63) is 68.3 Å². The fraction of sp³-hybridized carbons (Fsp3) is 0.391. The first kappa shape index (κ1) is 26.8. The molecule has 2 aromatic rings. The Labute approximate surface area is 218 Å². The molecule has 0 saturated carbocycles. The van der Waals surface area contributed by atoms with Crippen LogP contribution in [0.25, 0.3) is 0 Å². The van der Waals surface area contributed by atoms with Crippen molar-refractivity contribution in [3.8, 4) is 0 Å². The average Bonchev–Trinajstić information content (AvgIpc) is 3.41. The molecule has 2 heterocycles. The number of carbonyl (C=O) groups excluding carboxylic acids is 2. The highest BCUT2D eigenvalue weighted by Gasteiger charge is 2.44. The van der Waals surface area contributed by atoms with Crippen molar-refractivity contribution in [3.63, 3.8) is 0 Å². The number of amides is 2. The number of hydrogen-bond donors (Lipinski definition) is 4. The number of ether oxygens (including phenoxy) is 1. The van der Waals surface area contributed by atoms with Gasteiger partial charge >= 0.3 is 6.09 Å². The molecule has 1 fully saturated rings. The SMILES string of the molecule is C=CCOC(=O)N1C[C@@H](S)CC1(C)CNC(=O)c1ccc(C(O)NCc2ccc(Cl)c(Cl)c2)s1. The fourth-order valence-corrected chi connectivity index (χ4v) is 5.49. The maximum Gasteiger partial charge on any atom is 0.410 e. The van der Waals surface area contributed by atoms with Crippen molar-refractivity contribution in [2.75, 3.05) is 19.7 Å². The Morgan fingerprint density at radius 2 is 2.15 bits per heavy atom. The highest BCUT2D eigenvalue weighted by atomic mass is 35.5. The first-order valence-electron chi connectivity index (χ1n) is 10.6. The second-order valence-corrected chi connectivity index (χ2v) is 10.9. The van der Waals surface area contributed by atoms with Gasteiger partial charge in [0.2, 0.25) is 0 Å². The molecule has 0 spiro atoms. The number of aliphatic hydroxyl groups is 1. The zero-order valence-electron chi connectivity index (χ0n) is 18.6. The van der Waals surface area contributed by atoms with Gasteiger partial charge in [-0.25, -0.2) is 4.79 Å². The predicted molar refractivity (Wildman–Crippen MR) is 139 cm³/mol. The minimum atomic E-state index is -0.951. The van der Waals surface area contributed by atoms with Crippen LogP contribution in [0.4, 0.5) is 4.79 Å². The maximum absolute atomic E-state index is 12.8. The Kier molecular flexibility index (Phi) is 9.31. The second kappa shape index (κ2) is 11.8. The number of hydrogen-bond acceptors (Lipinski definition) is 7. The van der Waals surface area contributed by atoms with Crippen molar-refractivity contribution in [1.29, 1.82) is 0 Å². The number of thiol groups is 1. The molecular weight excluding hydrogens is 517 g/mol. The maximum atomic E-state index is 12.8. The van der Waals surface area contributed by atoms with Crippen LogP contribution in [-0.2, 0) is 11.3 Å². The van der Waals surface area contributed by atoms with Gasteiger partial charge in [0.05, 0.1) is 20.5 Å². The van der Waals surface area contributed by atoms with Crippen molar-refractivity contribution in [2.45, 2.75) is 36.9 Å². The topological polar surface area (TPSA) is 90.9 Å². The monoisotopic (exact) mass is 543 g/mol. The lowest BCUT2D eigenvalue weighted by Crippen LogP contribution is -2.52. The summed E-state index contributed by atoms with van der Waals surface area (Å²) in [6.45, 7) is 6.63. The number of carbonyl (C=O) groups is 2. The molecular formula is C23H27Cl2N3O4S2. The van der Waals surface area contributed by atoms with Gasteiger partial charge in [0.15, 0.2) is 0 Å². The van der Waals surface area contributed by atoms with E-state index in [2.05, 4.69) is 29.8 Å². The van der Waals surface area contributed by atoms with Gasteiger partial charge in [0, 0.05) is 29.8 Å². The summed E-state index contributed by atoms with van der Waals surface area (Å²) in [7, 11) is 0. The standard InChI is InChI=1S/C23H27Cl2N3O4S2/c1-3-8-32-22(31)28-12-15(33)10-23(28,2)13-27-21(30)19-7-6-18(34-19)20(29)26-11-14-4-5-16(24)17(25)9-14/h3-7,9,15,20,26,29,33H,1,8,10-13H2,2H3,(H,27,30)/t15-,20?,23?/m0/s1. The summed E-state index contributed by atoms with van der Waals surface area (Å²) < 4.78 is 5.18. The van der Waals surface area contributed by atoms with Crippen LogP contribution in [0.2, 0.25) is 10.0 Å². The van der Waals surface area contributed by atoms with Gasteiger partial charge in [0.1, 0.15) is 12.8 Å². The van der Waals surface area contributed by atoms with Gasteiger partial charge in [-0.05, 0) is 43.2 Å². The zero-order valence-corrected chi connectivity index (χ0v) is 21.8. The van der Waals surface area contributed by atoms with E-state index in [-0.39, 0.29) is 24.3 Å². The molecule has 1 saturated heterocycles. The van der Waals surface area contributed by atoms with Gasteiger partial charge < -0.3 is 15.2 Å². The molecule has 3 N–H and O–H groups in total. The van der Waals surface area contributed by atoms with Gasteiger partial charge in [-0.3, -0.25) is 15.0 Å². The van der Waals surface area contributed by atoms with Crippen molar-refractivity contribution in [2.24, 2.45) is 0 Å². The molecule has 2 amide bonds. The highest BCUT2D eigenvalue weighted by Crippen LogP contribution is 2.32. The van der Waals surface area contributed by atoms with Crippen LogP contribution in [0.1, 0.15) is 39.7 Å². The summed E-state index contributed by atoms with van der Waals surface area (Å²) in [4.78, 5) is 27.8. The number of rotatable bonds is 9. The van der Waals surface area contributed by atoms with Crippen molar-refractivity contribution in [1.82, 2.24) is 15.5 Å². The minimum Gasteiger partial charge on any atom is -0.445 e. The van der Waals surface area contributed by atoms with E-state index < -0.39 is 17.9 Å². The predicted octanol–water partition coefficient (Wildman–Crippen LogP) is 4.65. The van der Waals surface area contributed by atoms with E-state index in [4.69, 9.17) is 27.9 Å². The Morgan fingerprint density at radius 1 is 1.38 bits per heavy atom. The van der Waals surface area contributed by atoms with Gasteiger partial charge in [-0.15, -0.1) is 11.3 Å². The van der Waals surface area contributed by atoms with Crippen LogP contribution in [0.15, 0.2) is 43.0 Å². The van der Waals surface area contributed by atoms with Crippen LogP contribution in [0.3, 0.4) is 0 Å². The Morgan fingerprint density at radius 3 is 2.85 bits per heavy atom. The fourth-order valence-electron chi connectivity index (χ4n) is 3.73. The molecule has 0 radical (unpaired) electrons. The van der Waals surface area contributed by atoms with Crippen LogP contribution in [-0.4, -0.2) is 52.5 Å². The lowest BCUT2D eigenvalue weighted by Gasteiger charge is -2.34. The first-order chi connectivity index (χ1) is 16.1. The third kappa shape index (κ3) is 6.68. The number of benzene rings is 1. The molecule has 11 heteroatoms. The Balaban J connectivity index is 1.56. The molecule has 184 valence electrons. The van der Waals surface area contributed by atoms with E-state index in [1.54, 1.807) is 29.2 Å². The Bertz CT molecular complexity index is 1050. The molecule has 3 rings (SSSR count). The normalized spacial score (nSPS) is 20.7. The van der Waals surface area contributed by atoms with Crippen molar-refractivity contribution < 1.29 is 19.4 Å². The van der Waals surface area contributed by atoms with Crippen LogP contribution >= 0.6 is 47.2 Å². The largest absolute Gasteiger partial charge is 0.445 e. The van der Waals surface area contributed by atoms with Gasteiger partial charge in [-0.1, -0.05) is 41.9 Å². The van der Waals surface area contributed by atoms with Crippen LogP contribution < -0.4 is 10.6 Å². The molecule has 0 aliphatic carbocycles. The second-order valence-electron chi connectivity index (χ2n) is 8.25. The van der Waals surface area contributed by atoms with E-state index in [0.29, 0.717) is 39.3 Å². The third-order valence-electron chi connectivity index (χ3n) is 5.50. The molecule has 1 aromatic carbocycles. The first-order valence-corrected chi connectivity index (χ1v) is 12.7. The summed E-state index contributed by atoms with van der Waals surface area (Å²) in [5.41, 5.74) is 0.243. The van der Waals surface area contributed by atoms with E-state index in [9.17, 15) is 14.7 Å². The molecule has 0 bridgehead atoms. The molecule has 1 aliphatic heterocycles. The summed E-state index contributed by atoms with van der Waals surface area (Å²) >= 11 is 17.7. The van der Waals surface area contributed by atoms with Gasteiger partial charge in [-0.2, -0.15) is 12.6 Å². The van der Waals surface area contributed by atoms with Crippen LogP contribution in [0.5, 0.6) is 0 Å². The number of nitrogens with zero attached hydrogens (tertiary/aromatic N) is 1. The van der Waals surface area contributed by atoms with E-state index in [1.807, 2.05) is 13.0 Å². The lowest BCUT2D eigenvalue weighted by atomic mass is 9.99. The summed E-state index contributed by atoms with van der Waals surface area (Å²) in [5.74, 6) is -0.281. The quantitative estimate of drug-likeness (QED) is 0.210. The van der Waals surface area contributed by atoms with E-state index in [0.717, 1.165) is 5.56 Å². The summed E-state index contributed by atoms with van der Waals surface area (Å²) in [5, 5.41) is 17.3. The lowest BCUT2D eigenvalue weighted by molar-refractivity contribution is 0.0769. The zero-order chi connectivity index (χ0) is 24.9. The molecule has 34 heavy (non-hydrogen) atoms. The summed E-state index contributed by atoms with van der Waals surface area (Å²) in [6, 6.07) is 8.60. The van der Waals surface area contributed by atoms with Crippen molar-refractivity contribution >= 4 is 59.2 Å². The number of halogens is 2. The molecule has 2 unspecified atom stereocenters. The van der Waals surface area contributed by atoms with Crippen LogP contribution in [0, 0.1) is 0 Å². The molecule has 3 atom stereocenters. The van der Waals surface area contributed by atoms with Gasteiger partial charge in [0.25, 0.3) is 5.91 Å². The summed E-state index contributed by atoms with van der Waals surface area (Å²) in [6.07, 6.45) is 0.719. The number of nitrogens with one attached hydrogen (secondary N) is 2. The van der Waals surface area contributed by atoms with E-state index in [1.165, 1.54) is 17.4 Å². The number of aliphatic hydroxyl groups excluding tert-OH is 1. The number of thiophene rings is 1. The molecule has 1 aromatic heterocycles. The third-order valence-corrected chi connectivity index (χ3v) is 7.72. The minimum absolute atomic E-state index is 0.0109.